The number of aliphatic hydroxyl groups excluding tert-OH is 1. The molecule has 2 heteroatoms. The molecule has 1 saturated carbocycles. The highest BCUT2D eigenvalue weighted by Crippen LogP contribution is 2.28. The predicted octanol–water partition coefficient (Wildman–Crippen LogP) is 2.96. The molecule has 0 aliphatic heterocycles. The highest BCUT2D eigenvalue weighted by Gasteiger charge is 2.30. The third kappa shape index (κ3) is 2.85. The number of aliphatic hydroxyl groups is 1. The van der Waals surface area contributed by atoms with Gasteiger partial charge in [0, 0.05) is 12.1 Å². The van der Waals surface area contributed by atoms with Crippen LogP contribution in [0.25, 0.3) is 0 Å². The standard InChI is InChI=1S/C17H25NO/c19-13-17(9-2-1-3-10-17)18-12-14-7-8-15-5-4-6-16(15)11-14/h7-8,11,18-19H,1-6,9-10,12-13H2. The molecule has 2 N–H and O–H groups in total. The van der Waals surface area contributed by atoms with Crippen molar-refractivity contribution in [3.63, 3.8) is 0 Å². The van der Waals surface area contributed by atoms with Crippen molar-refractivity contribution in [2.24, 2.45) is 0 Å². The molecule has 0 heterocycles. The van der Waals surface area contributed by atoms with Crippen molar-refractivity contribution in [1.29, 1.82) is 0 Å². The van der Waals surface area contributed by atoms with Gasteiger partial charge in [0.1, 0.15) is 0 Å². The fourth-order valence-electron chi connectivity index (χ4n) is 3.64. The Hall–Kier alpha value is -0.860. The summed E-state index contributed by atoms with van der Waals surface area (Å²) in [5, 5.41) is 13.4. The molecule has 2 aliphatic rings. The number of hydrogen-bond acceptors (Lipinski definition) is 2. The smallest absolute Gasteiger partial charge is 0.0613 e. The van der Waals surface area contributed by atoms with E-state index >= 15 is 0 Å². The SMILES string of the molecule is OCC1(NCc2ccc3c(c2)CCC3)CCCCC1. The van der Waals surface area contributed by atoms with E-state index in [0.29, 0.717) is 0 Å². The minimum absolute atomic E-state index is 0.0166. The van der Waals surface area contributed by atoms with Gasteiger partial charge in [-0.05, 0) is 48.8 Å². The molecule has 0 spiro atoms. The minimum Gasteiger partial charge on any atom is -0.394 e. The zero-order valence-corrected chi connectivity index (χ0v) is 11.8. The van der Waals surface area contributed by atoms with Crippen molar-refractivity contribution >= 4 is 0 Å². The molecular weight excluding hydrogens is 234 g/mol. The Morgan fingerprint density at radius 1 is 1.00 bits per heavy atom. The Balaban J connectivity index is 1.65. The molecule has 2 nitrogen and oxygen atoms in total. The van der Waals surface area contributed by atoms with E-state index in [1.165, 1.54) is 44.1 Å². The van der Waals surface area contributed by atoms with Gasteiger partial charge in [0.2, 0.25) is 0 Å². The maximum absolute atomic E-state index is 9.71. The maximum Gasteiger partial charge on any atom is 0.0613 e. The second kappa shape index (κ2) is 5.64. The summed E-state index contributed by atoms with van der Waals surface area (Å²) in [5.74, 6) is 0. The summed E-state index contributed by atoms with van der Waals surface area (Å²) in [4.78, 5) is 0. The molecule has 0 aromatic heterocycles. The molecule has 1 aromatic carbocycles. The van der Waals surface area contributed by atoms with Gasteiger partial charge in [-0.1, -0.05) is 37.5 Å². The van der Waals surface area contributed by atoms with Crippen LogP contribution in [-0.2, 0) is 19.4 Å². The van der Waals surface area contributed by atoms with Gasteiger partial charge in [0.25, 0.3) is 0 Å². The van der Waals surface area contributed by atoms with Crippen LogP contribution in [0.1, 0.15) is 55.2 Å². The van der Waals surface area contributed by atoms with Crippen LogP contribution in [0.4, 0.5) is 0 Å². The Labute approximate surface area is 116 Å². The van der Waals surface area contributed by atoms with Crippen LogP contribution in [-0.4, -0.2) is 17.3 Å². The number of aryl methyl sites for hydroxylation is 2. The number of benzene rings is 1. The molecule has 1 fully saturated rings. The van der Waals surface area contributed by atoms with E-state index in [1.54, 1.807) is 11.1 Å². The third-order valence-corrected chi connectivity index (χ3v) is 4.94. The molecule has 0 radical (unpaired) electrons. The van der Waals surface area contributed by atoms with E-state index < -0.39 is 0 Å². The normalized spacial score (nSPS) is 21.3. The van der Waals surface area contributed by atoms with Crippen LogP contribution in [0.3, 0.4) is 0 Å². The van der Waals surface area contributed by atoms with Crippen molar-refractivity contribution in [1.82, 2.24) is 5.32 Å². The third-order valence-electron chi connectivity index (χ3n) is 4.94. The first-order chi connectivity index (χ1) is 9.31. The number of hydrogen-bond donors (Lipinski definition) is 2. The number of fused-ring (bicyclic) bond motifs is 1. The lowest BCUT2D eigenvalue weighted by molar-refractivity contribution is 0.119. The van der Waals surface area contributed by atoms with Crippen LogP contribution in [0.2, 0.25) is 0 Å². The topological polar surface area (TPSA) is 32.3 Å². The van der Waals surface area contributed by atoms with Gasteiger partial charge in [-0.15, -0.1) is 0 Å². The summed E-state index contributed by atoms with van der Waals surface area (Å²) in [6.07, 6.45) is 9.87. The van der Waals surface area contributed by atoms with Gasteiger partial charge >= 0.3 is 0 Å². The van der Waals surface area contributed by atoms with Crippen LogP contribution in [0, 0.1) is 0 Å². The Kier molecular flexibility index (Phi) is 3.90. The van der Waals surface area contributed by atoms with E-state index in [0.717, 1.165) is 19.4 Å². The van der Waals surface area contributed by atoms with Crippen molar-refractivity contribution < 1.29 is 5.11 Å². The lowest BCUT2D eigenvalue weighted by Crippen LogP contribution is -2.49. The second-order valence-electron chi connectivity index (χ2n) is 6.31. The first-order valence-corrected chi connectivity index (χ1v) is 7.78. The van der Waals surface area contributed by atoms with Crippen LogP contribution >= 0.6 is 0 Å². The molecule has 0 amide bonds. The molecule has 0 bridgehead atoms. The summed E-state index contributed by atoms with van der Waals surface area (Å²) in [5.41, 5.74) is 4.44. The van der Waals surface area contributed by atoms with E-state index in [1.807, 2.05) is 0 Å². The van der Waals surface area contributed by atoms with Gasteiger partial charge in [-0.25, -0.2) is 0 Å². The van der Waals surface area contributed by atoms with Crippen LogP contribution in [0.15, 0.2) is 18.2 Å². The summed E-state index contributed by atoms with van der Waals surface area (Å²) >= 11 is 0. The summed E-state index contributed by atoms with van der Waals surface area (Å²) < 4.78 is 0. The predicted molar refractivity (Wildman–Crippen MR) is 78.2 cm³/mol. The highest BCUT2D eigenvalue weighted by atomic mass is 16.3. The molecule has 1 aromatic rings. The van der Waals surface area contributed by atoms with Gasteiger partial charge in [0.15, 0.2) is 0 Å². The maximum atomic E-state index is 9.71. The first kappa shape index (κ1) is 13.1. The fourth-order valence-corrected chi connectivity index (χ4v) is 3.64. The Bertz CT molecular complexity index is 435. The van der Waals surface area contributed by atoms with E-state index in [2.05, 4.69) is 23.5 Å². The Morgan fingerprint density at radius 3 is 2.58 bits per heavy atom. The van der Waals surface area contributed by atoms with E-state index in [4.69, 9.17) is 0 Å². The lowest BCUT2D eigenvalue weighted by atomic mass is 9.82. The first-order valence-electron chi connectivity index (χ1n) is 7.78. The fraction of sp³-hybridized carbons (Fsp3) is 0.647. The molecule has 104 valence electrons. The van der Waals surface area contributed by atoms with E-state index in [9.17, 15) is 5.11 Å². The molecular formula is C17H25NO. The van der Waals surface area contributed by atoms with E-state index in [-0.39, 0.29) is 12.1 Å². The number of rotatable bonds is 4. The molecule has 19 heavy (non-hydrogen) atoms. The van der Waals surface area contributed by atoms with Crippen molar-refractivity contribution in [2.75, 3.05) is 6.61 Å². The molecule has 0 atom stereocenters. The molecule has 3 rings (SSSR count). The average molecular weight is 259 g/mol. The lowest BCUT2D eigenvalue weighted by Gasteiger charge is -2.36. The zero-order chi connectivity index (χ0) is 13.1. The van der Waals surface area contributed by atoms with Crippen LogP contribution in [0.5, 0.6) is 0 Å². The van der Waals surface area contributed by atoms with Crippen LogP contribution < -0.4 is 5.32 Å². The highest BCUT2D eigenvalue weighted by molar-refractivity contribution is 5.35. The van der Waals surface area contributed by atoms with Gasteiger partial charge in [-0.2, -0.15) is 0 Å². The Morgan fingerprint density at radius 2 is 1.79 bits per heavy atom. The number of nitrogens with one attached hydrogen (secondary N) is 1. The zero-order valence-electron chi connectivity index (χ0n) is 11.8. The second-order valence-corrected chi connectivity index (χ2v) is 6.31. The van der Waals surface area contributed by atoms with Crippen molar-refractivity contribution in [2.45, 2.75) is 63.5 Å². The monoisotopic (exact) mass is 259 g/mol. The summed E-state index contributed by atoms with van der Waals surface area (Å²) in [6.45, 7) is 1.17. The largest absolute Gasteiger partial charge is 0.394 e. The minimum atomic E-state index is -0.0166. The van der Waals surface area contributed by atoms with Gasteiger partial charge < -0.3 is 10.4 Å². The quantitative estimate of drug-likeness (QED) is 0.871. The molecule has 0 unspecified atom stereocenters. The van der Waals surface area contributed by atoms with Crippen molar-refractivity contribution in [3.05, 3.63) is 34.9 Å². The van der Waals surface area contributed by atoms with Gasteiger partial charge in [-0.3, -0.25) is 0 Å². The average Bonchev–Trinajstić information content (AvgIpc) is 2.93. The molecule has 2 aliphatic carbocycles. The summed E-state index contributed by atoms with van der Waals surface area (Å²) in [6, 6.07) is 6.92. The molecule has 0 saturated heterocycles. The van der Waals surface area contributed by atoms with Gasteiger partial charge in [0.05, 0.1) is 6.61 Å². The summed E-state index contributed by atoms with van der Waals surface area (Å²) in [7, 11) is 0. The van der Waals surface area contributed by atoms with Crippen molar-refractivity contribution in [3.8, 4) is 0 Å².